The molecule has 0 fully saturated rings. The Morgan fingerprint density at radius 3 is 2.56 bits per heavy atom. The van der Waals surface area contributed by atoms with Crippen molar-refractivity contribution < 1.29 is 13.2 Å². The van der Waals surface area contributed by atoms with E-state index in [0.717, 1.165) is 18.9 Å². The van der Waals surface area contributed by atoms with Gasteiger partial charge in [0, 0.05) is 11.7 Å². The average molecular weight is 244 g/mol. The van der Waals surface area contributed by atoms with Crippen molar-refractivity contribution >= 4 is 10.5 Å². The van der Waals surface area contributed by atoms with Gasteiger partial charge in [-0.05, 0) is 44.7 Å². The molecule has 0 amide bonds. The molecular weight excluding hydrogens is 226 g/mol. The lowest BCUT2D eigenvalue weighted by Crippen LogP contribution is -2.23. The third-order valence-corrected chi connectivity index (χ3v) is 3.90. The highest BCUT2D eigenvalue weighted by atomic mass is 28.2. The maximum absolute atomic E-state index is 13.3. The first kappa shape index (κ1) is 13.3. The van der Waals surface area contributed by atoms with E-state index in [0.29, 0.717) is 22.5 Å². The van der Waals surface area contributed by atoms with Crippen LogP contribution in [0, 0.1) is 11.6 Å². The van der Waals surface area contributed by atoms with Gasteiger partial charge in [-0.2, -0.15) is 0 Å². The third kappa shape index (κ3) is 4.02. The van der Waals surface area contributed by atoms with Crippen molar-refractivity contribution in [2.24, 2.45) is 0 Å². The summed E-state index contributed by atoms with van der Waals surface area (Å²) in [4.78, 5) is 0. The van der Waals surface area contributed by atoms with E-state index in [1.54, 1.807) is 0 Å². The summed E-state index contributed by atoms with van der Waals surface area (Å²) in [6, 6.07) is 3.75. The summed E-state index contributed by atoms with van der Waals surface area (Å²) in [6.07, 6.45) is 2.35. The molecule has 0 aliphatic heterocycles. The van der Waals surface area contributed by atoms with E-state index in [4.69, 9.17) is 4.43 Å². The fraction of sp³-hybridized carbons (Fsp3) is 0.500. The Bertz CT molecular complexity index is 353. The molecule has 0 radical (unpaired) electrons. The third-order valence-electron chi connectivity index (χ3n) is 2.79. The highest BCUT2D eigenvalue weighted by molar-refractivity contribution is 5.98. The quantitative estimate of drug-likeness (QED) is 0.723. The second-order valence-electron chi connectivity index (χ2n) is 4.55. The molecule has 1 aromatic rings. The monoisotopic (exact) mass is 244 g/mol. The summed E-state index contributed by atoms with van der Waals surface area (Å²) in [7, 11) is 0.708. The molecule has 0 spiro atoms. The fourth-order valence-electron chi connectivity index (χ4n) is 1.53. The first-order chi connectivity index (χ1) is 7.44. The van der Waals surface area contributed by atoms with Gasteiger partial charge in [0.05, 0.1) is 0 Å². The minimum Gasteiger partial charge on any atom is -0.423 e. The van der Waals surface area contributed by atoms with Gasteiger partial charge in [-0.15, -0.1) is 0 Å². The van der Waals surface area contributed by atoms with E-state index in [9.17, 15) is 8.78 Å². The number of rotatable bonds is 5. The van der Waals surface area contributed by atoms with Gasteiger partial charge < -0.3 is 4.43 Å². The van der Waals surface area contributed by atoms with E-state index in [-0.39, 0.29) is 5.60 Å². The molecule has 0 aromatic heterocycles. The predicted octanol–water partition coefficient (Wildman–Crippen LogP) is 2.36. The Kier molecular flexibility index (Phi) is 4.62. The van der Waals surface area contributed by atoms with Crippen LogP contribution in [0.2, 0.25) is 0 Å². The Morgan fingerprint density at radius 2 is 2.00 bits per heavy atom. The number of benzene rings is 1. The lowest BCUT2D eigenvalue weighted by Gasteiger charge is -2.23. The molecule has 0 atom stereocenters. The number of halogens is 2. The van der Waals surface area contributed by atoms with Crippen molar-refractivity contribution in [3.8, 4) is 0 Å². The SMILES string of the molecule is CC(C)(CCCc1ccc(F)cc1F)O[SiH3]. The molecule has 90 valence electrons. The number of aryl methyl sites for hydroxylation is 1. The Balaban J connectivity index is 2.49. The summed E-state index contributed by atoms with van der Waals surface area (Å²) in [6.45, 7) is 4.06. The van der Waals surface area contributed by atoms with E-state index in [2.05, 4.69) is 0 Å². The van der Waals surface area contributed by atoms with Crippen LogP contribution in [-0.2, 0) is 10.8 Å². The molecule has 0 bridgehead atoms. The van der Waals surface area contributed by atoms with Gasteiger partial charge in [0.15, 0.2) is 0 Å². The van der Waals surface area contributed by atoms with Crippen LogP contribution in [0.15, 0.2) is 18.2 Å². The highest BCUT2D eigenvalue weighted by Gasteiger charge is 2.15. The fourth-order valence-corrected chi connectivity index (χ4v) is 1.74. The van der Waals surface area contributed by atoms with Crippen molar-refractivity contribution in [3.05, 3.63) is 35.4 Å². The van der Waals surface area contributed by atoms with Gasteiger partial charge in [-0.3, -0.25) is 0 Å². The van der Waals surface area contributed by atoms with Crippen molar-refractivity contribution in [2.75, 3.05) is 0 Å². The van der Waals surface area contributed by atoms with Crippen molar-refractivity contribution in [2.45, 2.75) is 38.7 Å². The normalized spacial score (nSPS) is 12.0. The minimum absolute atomic E-state index is 0.122. The molecule has 0 aliphatic carbocycles. The summed E-state index contributed by atoms with van der Waals surface area (Å²) < 4.78 is 31.4. The highest BCUT2D eigenvalue weighted by Crippen LogP contribution is 2.18. The minimum atomic E-state index is -0.524. The maximum Gasteiger partial charge on any atom is 0.146 e. The smallest absolute Gasteiger partial charge is 0.146 e. The molecular formula is C12H18F2OSi. The first-order valence-corrected chi connectivity index (χ1v) is 6.25. The largest absolute Gasteiger partial charge is 0.423 e. The molecule has 0 N–H and O–H groups in total. The van der Waals surface area contributed by atoms with E-state index < -0.39 is 11.6 Å². The zero-order chi connectivity index (χ0) is 12.2. The average Bonchev–Trinajstić information content (AvgIpc) is 2.21. The van der Waals surface area contributed by atoms with E-state index in [1.807, 2.05) is 13.8 Å². The summed E-state index contributed by atoms with van der Waals surface area (Å²) >= 11 is 0. The van der Waals surface area contributed by atoms with Gasteiger partial charge in [-0.1, -0.05) is 6.07 Å². The van der Waals surface area contributed by atoms with Gasteiger partial charge in [0.2, 0.25) is 0 Å². The van der Waals surface area contributed by atoms with Crippen molar-refractivity contribution in [3.63, 3.8) is 0 Å². The maximum atomic E-state index is 13.3. The van der Waals surface area contributed by atoms with E-state index >= 15 is 0 Å². The van der Waals surface area contributed by atoms with Crippen molar-refractivity contribution in [1.29, 1.82) is 0 Å². The molecule has 1 rings (SSSR count). The molecule has 0 saturated carbocycles. The molecule has 0 heterocycles. The second kappa shape index (κ2) is 5.55. The van der Waals surface area contributed by atoms with Crippen LogP contribution in [0.5, 0.6) is 0 Å². The van der Waals surface area contributed by atoms with Gasteiger partial charge in [-0.25, -0.2) is 8.78 Å². The standard InChI is InChI=1S/C12H18F2OSi/c1-12(2,15-16)7-3-4-9-5-6-10(13)8-11(9)14/h5-6,8H,3-4,7H2,1-2,16H3. The number of hydrogen-bond donors (Lipinski definition) is 0. The Hall–Kier alpha value is -0.743. The topological polar surface area (TPSA) is 9.23 Å². The van der Waals surface area contributed by atoms with Crippen LogP contribution < -0.4 is 0 Å². The molecule has 1 nitrogen and oxygen atoms in total. The molecule has 16 heavy (non-hydrogen) atoms. The van der Waals surface area contributed by atoms with Gasteiger partial charge >= 0.3 is 0 Å². The van der Waals surface area contributed by atoms with Gasteiger partial charge in [0.25, 0.3) is 0 Å². The molecule has 0 unspecified atom stereocenters. The Labute approximate surface area is 98.4 Å². The molecule has 0 aliphatic rings. The van der Waals surface area contributed by atoms with E-state index in [1.165, 1.54) is 12.1 Å². The lowest BCUT2D eigenvalue weighted by atomic mass is 9.99. The molecule has 0 saturated heterocycles. The first-order valence-electron chi connectivity index (χ1n) is 5.44. The molecule has 4 heteroatoms. The van der Waals surface area contributed by atoms with Crippen LogP contribution in [0.3, 0.4) is 0 Å². The van der Waals surface area contributed by atoms with Crippen LogP contribution in [0.25, 0.3) is 0 Å². The molecule has 1 aromatic carbocycles. The van der Waals surface area contributed by atoms with Crippen LogP contribution in [0.1, 0.15) is 32.3 Å². The second-order valence-corrected chi connectivity index (χ2v) is 4.96. The summed E-state index contributed by atoms with van der Waals surface area (Å²) in [5.74, 6) is -0.978. The van der Waals surface area contributed by atoms with Crippen LogP contribution >= 0.6 is 0 Å². The summed E-state index contributed by atoms with van der Waals surface area (Å²) in [5, 5.41) is 0. The number of hydrogen-bond acceptors (Lipinski definition) is 1. The predicted molar refractivity (Wildman–Crippen MR) is 64.4 cm³/mol. The van der Waals surface area contributed by atoms with Crippen molar-refractivity contribution in [1.82, 2.24) is 0 Å². The lowest BCUT2D eigenvalue weighted by molar-refractivity contribution is 0.110. The zero-order valence-electron chi connectivity index (χ0n) is 10.0. The van der Waals surface area contributed by atoms with Crippen LogP contribution in [0.4, 0.5) is 8.78 Å². The summed E-state index contributed by atoms with van der Waals surface area (Å²) in [5.41, 5.74) is 0.452. The van der Waals surface area contributed by atoms with Crippen LogP contribution in [-0.4, -0.2) is 16.1 Å². The Morgan fingerprint density at radius 1 is 1.31 bits per heavy atom. The zero-order valence-corrected chi connectivity index (χ0v) is 12.0. The van der Waals surface area contributed by atoms with Gasteiger partial charge in [0.1, 0.15) is 22.1 Å².